The molecule has 1 aliphatic heterocycles. The molecule has 1 amide bonds. The van der Waals surface area contributed by atoms with E-state index in [2.05, 4.69) is 5.32 Å². The fourth-order valence-corrected chi connectivity index (χ4v) is 3.25. The molecular weight excluding hydrogens is 364 g/mol. The Kier molecular flexibility index (Phi) is 5.31. The number of para-hydroxylation sites is 2. The van der Waals surface area contributed by atoms with E-state index >= 15 is 0 Å². The standard InChI is InChI=1S/C24H22N2O3/c1-28-19-12-10-17(11-13-19)23-15-14-22(29-23)16-6-8-18(9-7-16)24(27)26-21-5-3-2-4-20(21)25/h2-15,22-23H,25H2,1H3,(H,26,27). The SMILES string of the molecule is COc1ccc(C2C=CC(c3ccc(C(=O)Nc4ccccc4N)cc3)O2)cc1. The van der Waals surface area contributed by atoms with Crippen LogP contribution in [0.3, 0.4) is 0 Å². The fraction of sp³-hybridized carbons (Fsp3) is 0.125. The van der Waals surface area contributed by atoms with Gasteiger partial charge in [-0.2, -0.15) is 0 Å². The average molecular weight is 386 g/mol. The van der Waals surface area contributed by atoms with Crippen molar-refractivity contribution in [3.63, 3.8) is 0 Å². The van der Waals surface area contributed by atoms with Gasteiger partial charge >= 0.3 is 0 Å². The highest BCUT2D eigenvalue weighted by Crippen LogP contribution is 2.35. The molecule has 0 aromatic heterocycles. The van der Waals surface area contributed by atoms with Crippen LogP contribution in [-0.2, 0) is 4.74 Å². The van der Waals surface area contributed by atoms with Crippen LogP contribution >= 0.6 is 0 Å². The van der Waals surface area contributed by atoms with Crippen molar-refractivity contribution >= 4 is 17.3 Å². The van der Waals surface area contributed by atoms with E-state index in [1.807, 2.05) is 60.7 Å². The molecule has 0 spiro atoms. The maximum absolute atomic E-state index is 12.5. The second-order valence-electron chi connectivity index (χ2n) is 6.80. The molecule has 146 valence electrons. The van der Waals surface area contributed by atoms with E-state index in [9.17, 15) is 4.79 Å². The summed E-state index contributed by atoms with van der Waals surface area (Å²) >= 11 is 0. The number of nitrogens with two attached hydrogens (primary N) is 1. The summed E-state index contributed by atoms with van der Waals surface area (Å²) in [5.74, 6) is 0.617. The van der Waals surface area contributed by atoms with Gasteiger partial charge in [-0.25, -0.2) is 0 Å². The summed E-state index contributed by atoms with van der Waals surface area (Å²) < 4.78 is 11.3. The third-order valence-electron chi connectivity index (χ3n) is 4.91. The number of rotatable bonds is 5. The number of hydrogen-bond acceptors (Lipinski definition) is 4. The summed E-state index contributed by atoms with van der Waals surface area (Å²) in [5, 5.41) is 2.83. The second kappa shape index (κ2) is 8.20. The van der Waals surface area contributed by atoms with Gasteiger partial charge in [-0.05, 0) is 47.5 Å². The van der Waals surface area contributed by atoms with E-state index in [-0.39, 0.29) is 18.1 Å². The van der Waals surface area contributed by atoms with Crippen molar-refractivity contribution in [3.8, 4) is 5.75 Å². The first-order chi connectivity index (χ1) is 14.1. The zero-order chi connectivity index (χ0) is 20.2. The summed E-state index contributed by atoms with van der Waals surface area (Å²) in [7, 11) is 1.65. The van der Waals surface area contributed by atoms with Gasteiger partial charge in [-0.15, -0.1) is 0 Å². The highest BCUT2D eigenvalue weighted by atomic mass is 16.5. The van der Waals surface area contributed by atoms with Gasteiger partial charge in [0.1, 0.15) is 18.0 Å². The number of amides is 1. The summed E-state index contributed by atoms with van der Waals surface area (Å²) in [4.78, 5) is 12.5. The van der Waals surface area contributed by atoms with Crippen molar-refractivity contribution in [2.24, 2.45) is 0 Å². The van der Waals surface area contributed by atoms with E-state index < -0.39 is 0 Å². The Hall–Kier alpha value is -3.57. The molecule has 1 heterocycles. The van der Waals surface area contributed by atoms with Crippen LogP contribution in [0.5, 0.6) is 5.75 Å². The zero-order valence-corrected chi connectivity index (χ0v) is 16.0. The lowest BCUT2D eigenvalue weighted by Crippen LogP contribution is -2.13. The smallest absolute Gasteiger partial charge is 0.255 e. The Morgan fingerprint density at radius 3 is 2.07 bits per heavy atom. The number of nitrogen functional groups attached to an aromatic ring is 1. The molecule has 0 saturated carbocycles. The van der Waals surface area contributed by atoms with Gasteiger partial charge in [0.2, 0.25) is 0 Å². The van der Waals surface area contributed by atoms with Crippen LogP contribution in [0.1, 0.15) is 33.7 Å². The number of carbonyl (C=O) groups is 1. The number of methoxy groups -OCH3 is 1. The van der Waals surface area contributed by atoms with Crippen molar-refractivity contribution in [3.05, 3.63) is 102 Å². The molecule has 5 heteroatoms. The topological polar surface area (TPSA) is 73.6 Å². The maximum atomic E-state index is 12.5. The summed E-state index contributed by atoms with van der Waals surface area (Å²) in [6.07, 6.45) is 3.83. The molecule has 0 fully saturated rings. The molecule has 0 radical (unpaired) electrons. The van der Waals surface area contributed by atoms with Crippen LogP contribution < -0.4 is 15.8 Å². The third kappa shape index (κ3) is 4.15. The number of nitrogens with one attached hydrogen (secondary N) is 1. The van der Waals surface area contributed by atoms with Gasteiger partial charge in [-0.3, -0.25) is 4.79 Å². The van der Waals surface area contributed by atoms with Gasteiger partial charge in [-0.1, -0.05) is 48.6 Å². The number of benzene rings is 3. The Bertz CT molecular complexity index is 1030. The normalized spacial score (nSPS) is 17.8. The van der Waals surface area contributed by atoms with E-state index in [1.165, 1.54) is 0 Å². The minimum atomic E-state index is -0.201. The van der Waals surface area contributed by atoms with E-state index in [0.717, 1.165) is 16.9 Å². The van der Waals surface area contributed by atoms with E-state index in [0.29, 0.717) is 16.9 Å². The minimum absolute atomic E-state index is 0.102. The predicted octanol–water partition coefficient (Wildman–Crippen LogP) is 4.90. The minimum Gasteiger partial charge on any atom is -0.497 e. The van der Waals surface area contributed by atoms with Crippen molar-refractivity contribution < 1.29 is 14.3 Å². The third-order valence-corrected chi connectivity index (χ3v) is 4.91. The van der Waals surface area contributed by atoms with E-state index in [1.54, 1.807) is 31.4 Å². The molecular formula is C24H22N2O3. The Morgan fingerprint density at radius 2 is 1.48 bits per heavy atom. The molecule has 3 N–H and O–H groups in total. The molecule has 2 unspecified atom stereocenters. The van der Waals surface area contributed by atoms with Gasteiger partial charge in [0.25, 0.3) is 5.91 Å². The first-order valence-electron chi connectivity index (χ1n) is 9.37. The number of ether oxygens (including phenoxy) is 2. The molecule has 4 rings (SSSR count). The van der Waals surface area contributed by atoms with Crippen molar-refractivity contribution in [2.45, 2.75) is 12.2 Å². The number of carbonyl (C=O) groups excluding carboxylic acids is 1. The van der Waals surface area contributed by atoms with Crippen LogP contribution in [0.25, 0.3) is 0 Å². The van der Waals surface area contributed by atoms with Gasteiger partial charge in [0.05, 0.1) is 18.5 Å². The first-order valence-corrected chi connectivity index (χ1v) is 9.37. The summed E-state index contributed by atoms with van der Waals surface area (Å²) in [6, 6.07) is 22.4. The predicted molar refractivity (Wildman–Crippen MR) is 114 cm³/mol. The van der Waals surface area contributed by atoms with Crippen molar-refractivity contribution in [1.82, 2.24) is 0 Å². The first kappa shape index (κ1) is 18.8. The maximum Gasteiger partial charge on any atom is 0.255 e. The monoisotopic (exact) mass is 386 g/mol. The summed E-state index contributed by atoms with van der Waals surface area (Å²) in [6.45, 7) is 0. The lowest BCUT2D eigenvalue weighted by molar-refractivity contribution is 0.0602. The molecule has 0 saturated heterocycles. The Morgan fingerprint density at radius 1 is 0.897 bits per heavy atom. The molecule has 3 aromatic carbocycles. The molecule has 29 heavy (non-hydrogen) atoms. The molecule has 3 aromatic rings. The Balaban J connectivity index is 1.41. The molecule has 0 bridgehead atoms. The van der Waals surface area contributed by atoms with Gasteiger partial charge < -0.3 is 20.5 Å². The largest absolute Gasteiger partial charge is 0.497 e. The lowest BCUT2D eigenvalue weighted by atomic mass is 10.1. The highest BCUT2D eigenvalue weighted by Gasteiger charge is 2.22. The number of hydrogen-bond donors (Lipinski definition) is 2. The lowest BCUT2D eigenvalue weighted by Gasteiger charge is -2.15. The Labute approximate surface area is 169 Å². The molecule has 5 nitrogen and oxygen atoms in total. The van der Waals surface area contributed by atoms with Crippen LogP contribution in [0.2, 0.25) is 0 Å². The van der Waals surface area contributed by atoms with Crippen molar-refractivity contribution in [2.75, 3.05) is 18.2 Å². The average Bonchev–Trinajstić information content (AvgIpc) is 3.26. The molecule has 2 atom stereocenters. The van der Waals surface area contributed by atoms with Gasteiger partial charge in [0, 0.05) is 5.56 Å². The fourth-order valence-electron chi connectivity index (χ4n) is 3.25. The number of anilines is 2. The van der Waals surface area contributed by atoms with Crippen LogP contribution in [0, 0.1) is 0 Å². The second-order valence-corrected chi connectivity index (χ2v) is 6.80. The van der Waals surface area contributed by atoms with Crippen LogP contribution in [0.4, 0.5) is 11.4 Å². The molecule has 0 aliphatic carbocycles. The van der Waals surface area contributed by atoms with E-state index in [4.69, 9.17) is 15.2 Å². The quantitative estimate of drug-likeness (QED) is 0.483. The van der Waals surface area contributed by atoms with Crippen LogP contribution in [-0.4, -0.2) is 13.0 Å². The van der Waals surface area contributed by atoms with Gasteiger partial charge in [0.15, 0.2) is 0 Å². The highest BCUT2D eigenvalue weighted by molar-refractivity contribution is 6.05. The van der Waals surface area contributed by atoms with Crippen molar-refractivity contribution in [1.29, 1.82) is 0 Å². The zero-order valence-electron chi connectivity index (χ0n) is 16.0. The van der Waals surface area contributed by atoms with Crippen LogP contribution in [0.15, 0.2) is 84.9 Å². The molecule has 1 aliphatic rings. The summed E-state index contributed by atoms with van der Waals surface area (Å²) in [5.41, 5.74) is 9.65.